The molecule has 29 heavy (non-hydrogen) atoms. The molecule has 1 aliphatic rings. The molecule has 0 saturated carbocycles. The highest BCUT2D eigenvalue weighted by Gasteiger charge is 2.19. The topological polar surface area (TPSA) is 73.6 Å². The lowest BCUT2D eigenvalue weighted by Gasteiger charge is -2.17. The summed E-state index contributed by atoms with van der Waals surface area (Å²) in [5, 5.41) is 3.35. The fourth-order valence-corrected chi connectivity index (χ4v) is 4.77. The van der Waals surface area contributed by atoms with Crippen LogP contribution in [0, 0.1) is 0 Å². The number of hydrogen-bond acceptors (Lipinski definition) is 7. The summed E-state index contributed by atoms with van der Waals surface area (Å²) in [6.07, 6.45) is 1.54. The Labute approximate surface area is 174 Å². The standard InChI is InChI=1S/C21H16N2O4S2/c24-20(19-13(6-7-27-19)12-28-14-4-2-1-3-5-14)23-21-22-15-10-16-17(11-18(15)29-21)26-9-8-25-16/h1-7,10-11H,8-9,12H2,(H,22,23,24). The summed E-state index contributed by atoms with van der Waals surface area (Å²) in [7, 11) is 0. The first kappa shape index (κ1) is 18.1. The lowest BCUT2D eigenvalue weighted by Crippen LogP contribution is -2.15. The van der Waals surface area contributed by atoms with E-state index in [4.69, 9.17) is 13.9 Å². The van der Waals surface area contributed by atoms with Crippen molar-refractivity contribution < 1.29 is 18.7 Å². The van der Waals surface area contributed by atoms with Gasteiger partial charge in [0.25, 0.3) is 5.91 Å². The SMILES string of the molecule is O=C(Nc1nc2cc3c(cc2s1)OCCO3)c1occc1CSc1ccccc1. The van der Waals surface area contributed by atoms with E-state index in [2.05, 4.69) is 10.3 Å². The predicted molar refractivity (Wildman–Crippen MR) is 113 cm³/mol. The number of aromatic nitrogens is 1. The van der Waals surface area contributed by atoms with Crippen molar-refractivity contribution in [1.29, 1.82) is 0 Å². The molecule has 146 valence electrons. The minimum absolute atomic E-state index is 0.304. The predicted octanol–water partition coefficient (Wildman–Crippen LogP) is 5.21. The van der Waals surface area contributed by atoms with Gasteiger partial charge in [-0.05, 0) is 18.2 Å². The molecule has 1 aliphatic heterocycles. The smallest absolute Gasteiger partial charge is 0.293 e. The Morgan fingerprint density at radius 3 is 2.72 bits per heavy atom. The van der Waals surface area contributed by atoms with Gasteiger partial charge in [0.15, 0.2) is 22.4 Å². The summed E-state index contributed by atoms with van der Waals surface area (Å²) in [5.41, 5.74) is 1.60. The van der Waals surface area contributed by atoms with Gasteiger partial charge in [-0.15, -0.1) is 11.8 Å². The first-order valence-corrected chi connectivity index (χ1v) is 10.8. The molecular formula is C21H16N2O4S2. The van der Waals surface area contributed by atoms with Gasteiger partial charge in [-0.1, -0.05) is 29.5 Å². The molecule has 0 saturated heterocycles. The zero-order valence-corrected chi connectivity index (χ0v) is 16.8. The molecule has 0 fully saturated rings. The van der Waals surface area contributed by atoms with E-state index in [0.29, 0.717) is 41.4 Å². The Hall–Kier alpha value is -2.97. The van der Waals surface area contributed by atoms with Crippen molar-refractivity contribution in [3.8, 4) is 11.5 Å². The molecule has 0 bridgehead atoms. The maximum atomic E-state index is 12.7. The number of thiazole rings is 1. The normalized spacial score (nSPS) is 12.8. The van der Waals surface area contributed by atoms with Gasteiger partial charge in [0.05, 0.1) is 16.5 Å². The number of thioether (sulfide) groups is 1. The zero-order valence-electron chi connectivity index (χ0n) is 15.2. The Kier molecular flexibility index (Phi) is 4.87. The summed E-state index contributed by atoms with van der Waals surface area (Å²) in [6.45, 7) is 1.05. The second kappa shape index (κ2) is 7.81. The zero-order chi connectivity index (χ0) is 19.6. The first-order valence-electron chi connectivity index (χ1n) is 9.02. The number of hydrogen-bond donors (Lipinski definition) is 1. The van der Waals surface area contributed by atoms with Crippen LogP contribution in [-0.2, 0) is 5.75 Å². The van der Waals surface area contributed by atoms with Crippen LogP contribution in [0.4, 0.5) is 5.13 Å². The number of benzene rings is 2. The van der Waals surface area contributed by atoms with Gasteiger partial charge >= 0.3 is 0 Å². The van der Waals surface area contributed by atoms with Gasteiger partial charge in [0.1, 0.15) is 13.2 Å². The maximum absolute atomic E-state index is 12.7. The van der Waals surface area contributed by atoms with E-state index >= 15 is 0 Å². The fourth-order valence-electron chi connectivity index (χ4n) is 3.00. The molecule has 0 aliphatic carbocycles. The quantitative estimate of drug-likeness (QED) is 0.444. The van der Waals surface area contributed by atoms with Crippen molar-refractivity contribution in [2.24, 2.45) is 0 Å². The van der Waals surface area contributed by atoms with Gasteiger partial charge in [-0.3, -0.25) is 10.1 Å². The number of amides is 1. The van der Waals surface area contributed by atoms with E-state index in [1.54, 1.807) is 11.8 Å². The molecule has 5 rings (SSSR count). The van der Waals surface area contributed by atoms with Gasteiger partial charge in [0.2, 0.25) is 0 Å². The number of furan rings is 1. The Balaban J connectivity index is 1.32. The molecule has 0 spiro atoms. The van der Waals surface area contributed by atoms with Crippen molar-refractivity contribution >= 4 is 44.4 Å². The average molecular weight is 425 g/mol. The van der Waals surface area contributed by atoms with Crippen LogP contribution in [0.25, 0.3) is 10.2 Å². The van der Waals surface area contributed by atoms with Crippen molar-refractivity contribution in [2.75, 3.05) is 18.5 Å². The average Bonchev–Trinajstić information content (AvgIpc) is 3.37. The Morgan fingerprint density at radius 1 is 1.10 bits per heavy atom. The summed E-state index contributed by atoms with van der Waals surface area (Å²) >= 11 is 3.04. The fraction of sp³-hybridized carbons (Fsp3) is 0.143. The first-order chi connectivity index (χ1) is 14.3. The number of nitrogens with one attached hydrogen (secondary N) is 1. The molecule has 6 nitrogen and oxygen atoms in total. The highest BCUT2D eigenvalue weighted by molar-refractivity contribution is 7.98. The van der Waals surface area contributed by atoms with Gasteiger partial charge < -0.3 is 13.9 Å². The van der Waals surface area contributed by atoms with E-state index in [9.17, 15) is 4.79 Å². The number of anilines is 1. The van der Waals surface area contributed by atoms with Gasteiger partial charge in [-0.2, -0.15) is 0 Å². The Morgan fingerprint density at radius 2 is 1.90 bits per heavy atom. The van der Waals surface area contributed by atoms with Crippen molar-refractivity contribution in [3.63, 3.8) is 0 Å². The minimum atomic E-state index is -0.310. The monoisotopic (exact) mass is 424 g/mol. The number of ether oxygens (including phenoxy) is 2. The minimum Gasteiger partial charge on any atom is -0.486 e. The lowest BCUT2D eigenvalue weighted by molar-refractivity contribution is 0.0996. The van der Waals surface area contributed by atoms with Gasteiger partial charge in [-0.25, -0.2) is 4.98 Å². The second-order valence-electron chi connectivity index (χ2n) is 6.31. The largest absolute Gasteiger partial charge is 0.486 e. The van der Waals surface area contributed by atoms with E-state index in [-0.39, 0.29) is 5.91 Å². The molecule has 0 unspecified atom stereocenters. The lowest BCUT2D eigenvalue weighted by atomic mass is 10.2. The van der Waals surface area contributed by atoms with Crippen LogP contribution in [0.5, 0.6) is 11.5 Å². The third-order valence-corrected chi connectivity index (χ3v) is 6.36. The summed E-state index contributed by atoms with van der Waals surface area (Å²) < 4.78 is 17.6. The molecular weight excluding hydrogens is 408 g/mol. The molecule has 0 atom stereocenters. The van der Waals surface area contributed by atoms with E-state index in [1.807, 2.05) is 48.5 Å². The molecule has 1 amide bonds. The number of carbonyl (C=O) groups is 1. The summed E-state index contributed by atoms with van der Waals surface area (Å²) in [6, 6.07) is 15.6. The Bertz CT molecular complexity index is 1130. The number of rotatable bonds is 5. The van der Waals surface area contributed by atoms with Crippen LogP contribution in [-0.4, -0.2) is 24.1 Å². The molecule has 2 aromatic carbocycles. The van der Waals surface area contributed by atoms with E-state index in [1.165, 1.54) is 17.6 Å². The van der Waals surface area contributed by atoms with Crippen molar-refractivity contribution in [3.05, 3.63) is 66.1 Å². The van der Waals surface area contributed by atoms with Gasteiger partial charge in [0, 0.05) is 28.3 Å². The summed E-state index contributed by atoms with van der Waals surface area (Å²) in [4.78, 5) is 18.4. The number of carbonyl (C=O) groups excluding carboxylic acids is 1. The highest BCUT2D eigenvalue weighted by Crippen LogP contribution is 2.38. The third kappa shape index (κ3) is 3.81. The molecule has 4 aromatic rings. The number of fused-ring (bicyclic) bond motifs is 2. The molecule has 8 heteroatoms. The van der Waals surface area contributed by atoms with Crippen LogP contribution in [0.3, 0.4) is 0 Å². The molecule has 2 aromatic heterocycles. The summed E-state index contributed by atoms with van der Waals surface area (Å²) in [5.74, 6) is 2.02. The molecule has 0 radical (unpaired) electrons. The van der Waals surface area contributed by atoms with Crippen molar-refractivity contribution in [1.82, 2.24) is 4.98 Å². The van der Waals surface area contributed by atoms with Crippen LogP contribution < -0.4 is 14.8 Å². The van der Waals surface area contributed by atoms with Crippen LogP contribution in [0.1, 0.15) is 16.1 Å². The molecule has 3 heterocycles. The third-order valence-electron chi connectivity index (χ3n) is 4.36. The highest BCUT2D eigenvalue weighted by atomic mass is 32.2. The number of nitrogens with zero attached hydrogens (tertiary/aromatic N) is 1. The van der Waals surface area contributed by atoms with Crippen LogP contribution in [0.2, 0.25) is 0 Å². The molecule has 1 N–H and O–H groups in total. The second-order valence-corrected chi connectivity index (χ2v) is 8.39. The van der Waals surface area contributed by atoms with Crippen LogP contribution in [0.15, 0.2) is 64.1 Å². The van der Waals surface area contributed by atoms with E-state index in [0.717, 1.165) is 20.7 Å². The van der Waals surface area contributed by atoms with E-state index < -0.39 is 0 Å². The maximum Gasteiger partial charge on any atom is 0.293 e. The van der Waals surface area contributed by atoms with Crippen molar-refractivity contribution in [2.45, 2.75) is 10.6 Å². The van der Waals surface area contributed by atoms with Crippen LogP contribution >= 0.6 is 23.1 Å².